The molecule has 4 aromatic heterocycles. The van der Waals surface area contributed by atoms with Crippen LogP contribution in [0.1, 0.15) is 131 Å². The van der Waals surface area contributed by atoms with E-state index in [9.17, 15) is 19.2 Å². The predicted molar refractivity (Wildman–Crippen MR) is 342 cm³/mol. The van der Waals surface area contributed by atoms with Crippen molar-refractivity contribution in [1.29, 1.82) is 0 Å². The van der Waals surface area contributed by atoms with Gasteiger partial charge in [0, 0.05) is 76.7 Å². The fraction of sp³-hybridized carbons (Fsp3) is 0.656. The number of ether oxygens (including phenoxy) is 3. The molecule has 2 unspecified atom stereocenters. The lowest BCUT2D eigenvalue weighted by molar-refractivity contribution is -0.146. The van der Waals surface area contributed by atoms with Crippen molar-refractivity contribution in [2.75, 3.05) is 57.4 Å². The first kappa shape index (κ1) is 64.4. The molecule has 4 amide bonds. The molecule has 9 heterocycles. The van der Waals surface area contributed by atoms with Crippen molar-refractivity contribution in [3.05, 3.63) is 58.4 Å². The predicted octanol–water partition coefficient (Wildman–Crippen LogP) is 11.8. The van der Waals surface area contributed by atoms with Crippen molar-refractivity contribution in [2.45, 2.75) is 199 Å². The summed E-state index contributed by atoms with van der Waals surface area (Å²) in [6, 6.07) is 8.04. The number of anilines is 1. The molecule has 7 atom stereocenters. The second-order valence-corrected chi connectivity index (χ2v) is 36.4. The number of carbonyl (C=O) groups excluding carboxylic acids is 4. The third-order valence-corrected chi connectivity index (χ3v) is 26.6. The van der Waals surface area contributed by atoms with Gasteiger partial charge in [-0.2, -0.15) is 9.97 Å². The molecule has 5 saturated heterocycles. The lowest BCUT2D eigenvalue weighted by Gasteiger charge is -2.46. The average Bonchev–Trinajstić information content (AvgIpc) is 1.58. The van der Waals surface area contributed by atoms with Crippen LogP contribution in [-0.4, -0.2) is 167 Å². The van der Waals surface area contributed by atoms with Gasteiger partial charge in [0.25, 0.3) is 5.92 Å². The Bertz CT molecular complexity index is 3410. The Morgan fingerprint density at radius 3 is 2.22 bits per heavy atom. The van der Waals surface area contributed by atoms with Gasteiger partial charge >= 0.3 is 12.1 Å². The summed E-state index contributed by atoms with van der Waals surface area (Å²) in [5.41, 5.74) is 1.61. The van der Waals surface area contributed by atoms with Gasteiger partial charge < -0.3 is 44.0 Å². The normalized spacial score (nSPS) is 25.1. The Kier molecular flexibility index (Phi) is 17.7. The average molecular weight is 1290 g/mol. The zero-order valence-electron chi connectivity index (χ0n) is 53.0. The van der Waals surface area contributed by atoms with Crippen LogP contribution in [0.2, 0.25) is 23.3 Å². The minimum atomic E-state index is -2.95. The number of aryl methyl sites for hydroxylation is 1. The third kappa shape index (κ3) is 13.4. The van der Waals surface area contributed by atoms with E-state index in [1.165, 1.54) is 11.3 Å². The topological polar surface area (TPSA) is 194 Å². The summed E-state index contributed by atoms with van der Waals surface area (Å²) in [6.07, 6.45) is 5.58. The van der Waals surface area contributed by atoms with Gasteiger partial charge in [0.1, 0.15) is 40.1 Å². The van der Waals surface area contributed by atoms with Gasteiger partial charge in [-0.15, -0.1) is 22.7 Å². The highest BCUT2D eigenvalue weighted by atomic mass is 35.5. The molecule has 11 rings (SSSR count). The summed E-state index contributed by atoms with van der Waals surface area (Å²) in [5, 5.41) is 8.11. The zero-order valence-corrected chi connectivity index (χ0v) is 56.4. The Balaban J connectivity index is 0.695. The quantitative estimate of drug-likeness (QED) is 0.0700. The molecule has 0 radical (unpaired) electrons. The van der Waals surface area contributed by atoms with E-state index in [2.05, 4.69) is 64.3 Å². The van der Waals surface area contributed by atoms with Crippen LogP contribution < -0.4 is 20.3 Å². The summed E-state index contributed by atoms with van der Waals surface area (Å²) in [4.78, 5) is 84.7. The monoisotopic (exact) mass is 1290 g/mol. The fourth-order valence-corrected chi connectivity index (χ4v) is 16.9. The van der Waals surface area contributed by atoms with E-state index >= 15 is 8.78 Å². The van der Waals surface area contributed by atoms with E-state index in [1.807, 2.05) is 89.2 Å². The number of rotatable bonds is 16. The molecule has 478 valence electrons. The maximum absolute atomic E-state index is 15.7. The number of aromatic nitrogens is 4. The number of nitrogens with one attached hydrogen (secondary N) is 2. The van der Waals surface area contributed by atoms with Crippen LogP contribution >= 0.6 is 34.3 Å². The van der Waals surface area contributed by atoms with E-state index in [0.29, 0.717) is 67.8 Å². The van der Waals surface area contributed by atoms with Crippen LogP contribution in [0.25, 0.3) is 30.7 Å². The summed E-state index contributed by atoms with van der Waals surface area (Å²) in [6.45, 7) is 27.1. The van der Waals surface area contributed by atoms with Gasteiger partial charge in [-0.1, -0.05) is 77.4 Å². The Labute approximate surface area is 529 Å². The number of hydrogen-bond acceptors (Lipinski definition) is 16. The molecule has 1 aromatic carbocycles. The largest absolute Gasteiger partial charge is 0.462 e. The molecular formula is C64H87ClF2N10O8S2Si. The first-order valence-electron chi connectivity index (χ1n) is 31.2. The lowest BCUT2D eigenvalue weighted by atomic mass is 9.80. The number of alkyl halides is 2. The molecule has 1 spiro atoms. The zero-order chi connectivity index (χ0) is 63.1. The number of carbonyl (C=O) groups is 4. The molecule has 24 heteroatoms. The van der Waals surface area contributed by atoms with Crippen LogP contribution in [0.5, 0.6) is 6.01 Å². The standard InChI is InChI=1S/C64H87ClF2N10O8S2Si/c1-38-49(86-37-70-38)41-15-13-39(14-16-41)29-69-54(79)46-28-44(85-88(11,12)61(8,9)10)32-76(46)56(80)51(59(2,3)4)71-47(78)27-40-19-21-63(83-33-40)22-25-74(26-23-63)35-62(34-64(62,66)67)36-82-57-72-53(48-45-20-24-68-52(65)50(45)87-55(48)73-57)75-30-42-17-18-43(31-75)77(42)58(81)84-60(5,6)7/h13-16,20,24,37,40,42-44,46,51H,17-19,21-23,25-36H2,1-12H3,(H,69,79)(H,71,78)/t40-,42?,43?,44+,46-,51+,62+/m0/s1. The minimum absolute atomic E-state index is 0.0111. The van der Waals surface area contributed by atoms with E-state index in [0.717, 1.165) is 62.9 Å². The van der Waals surface area contributed by atoms with Crippen LogP contribution in [-0.2, 0) is 34.8 Å². The van der Waals surface area contributed by atoms with Gasteiger partial charge in [0.15, 0.2) is 8.32 Å². The van der Waals surface area contributed by atoms with E-state index < -0.39 is 48.4 Å². The van der Waals surface area contributed by atoms with Crippen molar-refractivity contribution in [1.82, 2.24) is 45.3 Å². The van der Waals surface area contributed by atoms with Gasteiger partial charge in [-0.3, -0.25) is 19.3 Å². The van der Waals surface area contributed by atoms with Crippen LogP contribution in [0, 0.1) is 23.7 Å². The molecule has 5 aromatic rings. The van der Waals surface area contributed by atoms with Crippen molar-refractivity contribution in [3.8, 4) is 16.5 Å². The number of amides is 4. The van der Waals surface area contributed by atoms with Gasteiger partial charge in [0.2, 0.25) is 17.7 Å². The molecule has 6 aliphatic rings. The molecule has 88 heavy (non-hydrogen) atoms. The summed E-state index contributed by atoms with van der Waals surface area (Å²) < 4.78 is 57.9. The number of thiazole rings is 1. The molecule has 6 fully saturated rings. The number of pyridine rings is 1. The number of piperazine rings is 1. The van der Waals surface area contributed by atoms with E-state index in [-0.39, 0.29) is 98.1 Å². The maximum atomic E-state index is 15.7. The highest BCUT2D eigenvalue weighted by molar-refractivity contribution is 7.26. The summed E-state index contributed by atoms with van der Waals surface area (Å²) in [5.74, 6) is -3.26. The number of thiophene rings is 1. The number of hydrogen-bond donors (Lipinski definition) is 2. The lowest BCUT2D eigenvalue weighted by Crippen LogP contribution is -2.58. The van der Waals surface area contributed by atoms with Crippen LogP contribution in [0.3, 0.4) is 0 Å². The van der Waals surface area contributed by atoms with Gasteiger partial charge in [-0.25, -0.2) is 23.5 Å². The summed E-state index contributed by atoms with van der Waals surface area (Å²) in [7, 11) is -2.30. The molecule has 2 N–H and O–H groups in total. The fourth-order valence-electron chi connectivity index (χ4n) is 13.4. The Hall–Kier alpha value is -5.17. The number of benzene rings is 1. The highest BCUT2D eigenvalue weighted by Crippen LogP contribution is 2.61. The minimum Gasteiger partial charge on any atom is -0.462 e. The van der Waals surface area contributed by atoms with E-state index in [4.69, 9.17) is 40.2 Å². The maximum Gasteiger partial charge on any atom is 0.410 e. The first-order chi connectivity index (χ1) is 41.3. The van der Waals surface area contributed by atoms with Crippen LogP contribution in [0.4, 0.5) is 19.4 Å². The van der Waals surface area contributed by atoms with Gasteiger partial charge in [0.05, 0.1) is 62.0 Å². The number of halogens is 3. The van der Waals surface area contributed by atoms with Crippen molar-refractivity contribution in [2.24, 2.45) is 16.7 Å². The number of fused-ring (bicyclic) bond motifs is 5. The number of nitrogens with zero attached hydrogens (tertiary/aromatic N) is 8. The Morgan fingerprint density at radius 2 is 1.61 bits per heavy atom. The van der Waals surface area contributed by atoms with Crippen molar-refractivity contribution >= 4 is 92.5 Å². The van der Waals surface area contributed by atoms with Gasteiger partial charge in [-0.05, 0) is 113 Å². The highest BCUT2D eigenvalue weighted by Gasteiger charge is 2.72. The number of piperidine rings is 1. The molecule has 18 nitrogen and oxygen atoms in total. The second-order valence-electron chi connectivity index (χ2n) is 29.4. The van der Waals surface area contributed by atoms with E-state index in [1.54, 1.807) is 22.4 Å². The molecule has 2 bridgehead atoms. The molecule has 5 aliphatic heterocycles. The van der Waals surface area contributed by atoms with Crippen LogP contribution in [0.15, 0.2) is 42.0 Å². The molecular weight excluding hydrogens is 1200 g/mol. The smallest absolute Gasteiger partial charge is 0.410 e. The number of likely N-dealkylation sites (tertiary alicyclic amines) is 2. The second kappa shape index (κ2) is 24.1. The molecule has 1 saturated carbocycles. The first-order valence-corrected chi connectivity index (χ1v) is 36.2. The Morgan fingerprint density at radius 1 is 0.920 bits per heavy atom. The van der Waals surface area contributed by atoms with Crippen molar-refractivity contribution < 1.29 is 46.6 Å². The van der Waals surface area contributed by atoms with Crippen molar-refractivity contribution in [3.63, 3.8) is 0 Å². The SMILES string of the molecule is Cc1ncsc1-c1ccc(CNC(=O)[C@@H]2C[C@@H](O[Si](C)(C)C(C)(C)C)CN2C(=O)[C@@H](NC(=O)C[C@@H]2CCC3(CCN(C[C@@]4(COc5nc(N6CC7CCC(C6)N7C(=O)OC(C)(C)C)c6c(n5)sc5c(Cl)nccc56)CC4(F)F)CC3)OC2)C(C)(C)C)cc1. The molecule has 1 aliphatic carbocycles. The summed E-state index contributed by atoms with van der Waals surface area (Å²) >= 11 is 9.57. The third-order valence-electron chi connectivity index (χ3n) is 19.6.